The zero-order valence-electron chi connectivity index (χ0n) is 11.9. The third-order valence-electron chi connectivity index (χ3n) is 4.12. The predicted octanol–water partition coefficient (Wildman–Crippen LogP) is 5.28. The van der Waals surface area contributed by atoms with E-state index in [-0.39, 0.29) is 18.2 Å². The maximum absolute atomic E-state index is 13.3. The van der Waals surface area contributed by atoms with E-state index in [1.807, 2.05) is 24.5 Å². The van der Waals surface area contributed by atoms with Crippen LogP contribution in [0.1, 0.15) is 23.1 Å². The highest BCUT2D eigenvalue weighted by Crippen LogP contribution is 2.35. The van der Waals surface area contributed by atoms with Crippen LogP contribution in [0.3, 0.4) is 0 Å². The number of aryl methyl sites for hydroxylation is 1. The summed E-state index contributed by atoms with van der Waals surface area (Å²) in [5, 5.41) is 2.35. The Morgan fingerprint density at radius 2 is 1.95 bits per heavy atom. The van der Waals surface area contributed by atoms with Crippen LogP contribution >= 0.6 is 12.4 Å². The second-order valence-electron chi connectivity index (χ2n) is 5.42. The average molecular weight is 312 g/mol. The van der Waals surface area contributed by atoms with Crippen molar-refractivity contribution >= 4 is 34.8 Å². The Kier molecular flexibility index (Phi) is 3.95. The molecule has 22 heavy (non-hydrogen) atoms. The molecule has 0 N–H and O–H groups in total. The minimum atomic E-state index is -0.147. The summed E-state index contributed by atoms with van der Waals surface area (Å²) in [5.41, 5.74) is 4.78. The summed E-state index contributed by atoms with van der Waals surface area (Å²) >= 11 is 0. The van der Waals surface area contributed by atoms with Crippen molar-refractivity contribution in [3.63, 3.8) is 0 Å². The average Bonchev–Trinajstić information content (AvgIpc) is 2.90. The molecule has 0 unspecified atom stereocenters. The number of pyridine rings is 1. The van der Waals surface area contributed by atoms with Gasteiger partial charge in [-0.15, -0.1) is 12.4 Å². The highest BCUT2D eigenvalue weighted by molar-refractivity contribution is 5.96. The molecular formula is C19H15ClFN. The van der Waals surface area contributed by atoms with Gasteiger partial charge < -0.3 is 0 Å². The van der Waals surface area contributed by atoms with Crippen molar-refractivity contribution in [2.45, 2.75) is 12.8 Å². The molecule has 3 aromatic rings. The maximum Gasteiger partial charge on any atom is 0.123 e. The van der Waals surface area contributed by atoms with E-state index in [9.17, 15) is 4.39 Å². The van der Waals surface area contributed by atoms with Gasteiger partial charge in [-0.1, -0.05) is 30.3 Å². The van der Waals surface area contributed by atoms with Crippen LogP contribution in [0, 0.1) is 5.82 Å². The number of halogens is 2. The Morgan fingerprint density at radius 3 is 2.86 bits per heavy atom. The van der Waals surface area contributed by atoms with Crippen molar-refractivity contribution in [2.24, 2.45) is 0 Å². The van der Waals surface area contributed by atoms with Gasteiger partial charge in [-0.2, -0.15) is 0 Å². The van der Waals surface area contributed by atoms with Crippen molar-refractivity contribution in [2.75, 3.05) is 0 Å². The van der Waals surface area contributed by atoms with Crippen LogP contribution in [0.2, 0.25) is 0 Å². The standard InChI is InChI=1S/C19H14FN.ClH/c20-17-6-7-18-14(4-5-15(18)11-17)10-13-2-1-3-16-12-21-9-8-19(13)16;/h1-3,6-12H,4-5H2;1H. The Balaban J connectivity index is 0.00000144. The molecule has 110 valence electrons. The quantitative estimate of drug-likeness (QED) is 0.595. The third kappa shape index (κ3) is 2.51. The zero-order valence-corrected chi connectivity index (χ0v) is 12.7. The Bertz CT molecular complexity index is 865. The van der Waals surface area contributed by atoms with Gasteiger partial charge in [0, 0.05) is 17.8 Å². The first kappa shape index (κ1) is 14.7. The fourth-order valence-corrected chi connectivity index (χ4v) is 3.10. The summed E-state index contributed by atoms with van der Waals surface area (Å²) in [5.74, 6) is -0.147. The molecule has 2 aromatic carbocycles. The third-order valence-corrected chi connectivity index (χ3v) is 4.12. The molecule has 0 atom stereocenters. The largest absolute Gasteiger partial charge is 0.264 e. The summed E-state index contributed by atoms with van der Waals surface area (Å²) < 4.78 is 13.3. The topological polar surface area (TPSA) is 12.9 Å². The molecule has 3 heteroatoms. The first-order chi connectivity index (χ1) is 10.3. The lowest BCUT2D eigenvalue weighted by atomic mass is 10.0. The van der Waals surface area contributed by atoms with Crippen LogP contribution in [0.5, 0.6) is 0 Å². The molecule has 0 radical (unpaired) electrons. The Labute approximate surface area is 134 Å². The highest BCUT2D eigenvalue weighted by atomic mass is 35.5. The molecule has 0 saturated heterocycles. The van der Waals surface area contributed by atoms with Gasteiger partial charge >= 0.3 is 0 Å². The molecule has 0 fully saturated rings. The molecule has 0 aliphatic heterocycles. The Morgan fingerprint density at radius 1 is 1.05 bits per heavy atom. The molecule has 1 nitrogen and oxygen atoms in total. The fourth-order valence-electron chi connectivity index (χ4n) is 3.10. The summed E-state index contributed by atoms with van der Waals surface area (Å²) in [6.07, 6.45) is 7.83. The lowest BCUT2D eigenvalue weighted by Crippen LogP contribution is -1.84. The summed E-state index contributed by atoms with van der Waals surface area (Å²) in [4.78, 5) is 4.17. The van der Waals surface area contributed by atoms with Gasteiger partial charge in [0.15, 0.2) is 0 Å². The van der Waals surface area contributed by atoms with Gasteiger partial charge in [0.2, 0.25) is 0 Å². The normalized spacial score (nSPS) is 14.9. The van der Waals surface area contributed by atoms with Gasteiger partial charge in [-0.3, -0.25) is 4.98 Å². The van der Waals surface area contributed by atoms with E-state index >= 15 is 0 Å². The van der Waals surface area contributed by atoms with E-state index in [2.05, 4.69) is 29.3 Å². The number of hydrogen-bond acceptors (Lipinski definition) is 1. The van der Waals surface area contributed by atoms with E-state index in [1.54, 1.807) is 12.1 Å². The molecular weight excluding hydrogens is 297 g/mol. The maximum atomic E-state index is 13.3. The molecule has 0 amide bonds. The zero-order chi connectivity index (χ0) is 14.2. The molecule has 4 rings (SSSR count). The van der Waals surface area contributed by atoms with Gasteiger partial charge in [-0.05, 0) is 58.7 Å². The molecule has 1 aliphatic carbocycles. The lowest BCUT2D eigenvalue weighted by Gasteiger charge is -2.05. The van der Waals surface area contributed by atoms with E-state index in [0.717, 1.165) is 23.8 Å². The van der Waals surface area contributed by atoms with E-state index in [1.165, 1.54) is 22.1 Å². The van der Waals surface area contributed by atoms with Crippen LogP contribution in [-0.4, -0.2) is 4.98 Å². The first-order valence-electron chi connectivity index (χ1n) is 7.13. The summed E-state index contributed by atoms with van der Waals surface area (Å²) in [6.45, 7) is 0. The minimum absolute atomic E-state index is 0. The summed E-state index contributed by atoms with van der Waals surface area (Å²) in [7, 11) is 0. The number of aromatic nitrogens is 1. The van der Waals surface area contributed by atoms with Crippen molar-refractivity contribution < 1.29 is 4.39 Å². The molecule has 0 saturated carbocycles. The van der Waals surface area contributed by atoms with Gasteiger partial charge in [0.05, 0.1) is 0 Å². The van der Waals surface area contributed by atoms with Gasteiger partial charge in [0.1, 0.15) is 5.82 Å². The van der Waals surface area contributed by atoms with Crippen LogP contribution in [0.4, 0.5) is 4.39 Å². The molecule has 1 aliphatic rings. The number of benzene rings is 2. The first-order valence-corrected chi connectivity index (χ1v) is 7.13. The molecule has 1 heterocycles. The van der Waals surface area contributed by atoms with Crippen molar-refractivity contribution in [1.82, 2.24) is 4.98 Å². The predicted molar refractivity (Wildman–Crippen MR) is 91.6 cm³/mol. The lowest BCUT2D eigenvalue weighted by molar-refractivity contribution is 0.626. The fraction of sp³-hybridized carbons (Fsp3) is 0.105. The van der Waals surface area contributed by atoms with Crippen molar-refractivity contribution in [1.29, 1.82) is 0 Å². The van der Waals surface area contributed by atoms with Gasteiger partial charge in [-0.25, -0.2) is 4.39 Å². The van der Waals surface area contributed by atoms with E-state index in [0.29, 0.717) is 0 Å². The molecule has 1 aromatic heterocycles. The second-order valence-corrected chi connectivity index (χ2v) is 5.42. The van der Waals surface area contributed by atoms with Crippen LogP contribution in [0.25, 0.3) is 22.4 Å². The number of hydrogen-bond donors (Lipinski definition) is 0. The van der Waals surface area contributed by atoms with Crippen LogP contribution in [-0.2, 0) is 6.42 Å². The molecule has 0 bridgehead atoms. The monoisotopic (exact) mass is 311 g/mol. The van der Waals surface area contributed by atoms with Crippen molar-refractivity contribution in [3.8, 4) is 0 Å². The number of fused-ring (bicyclic) bond motifs is 2. The SMILES string of the molecule is Cl.Fc1ccc2c(c1)CCC2=Cc1cccc2cnccc12. The molecule has 0 spiro atoms. The van der Waals surface area contributed by atoms with Gasteiger partial charge in [0.25, 0.3) is 0 Å². The van der Waals surface area contributed by atoms with Crippen LogP contribution < -0.4 is 0 Å². The van der Waals surface area contributed by atoms with E-state index < -0.39 is 0 Å². The minimum Gasteiger partial charge on any atom is -0.264 e. The second kappa shape index (κ2) is 5.90. The van der Waals surface area contributed by atoms with Crippen LogP contribution in [0.15, 0.2) is 54.9 Å². The van der Waals surface area contributed by atoms with Crippen molar-refractivity contribution in [3.05, 3.63) is 77.4 Å². The van der Waals surface area contributed by atoms with E-state index in [4.69, 9.17) is 0 Å². The number of rotatable bonds is 1. The smallest absolute Gasteiger partial charge is 0.123 e. The Hall–Kier alpha value is -2.19. The number of allylic oxidation sites excluding steroid dienone is 1. The highest BCUT2D eigenvalue weighted by Gasteiger charge is 2.16. The summed E-state index contributed by atoms with van der Waals surface area (Å²) in [6, 6.07) is 13.4. The number of nitrogens with zero attached hydrogens (tertiary/aromatic N) is 1.